The van der Waals surface area contributed by atoms with Gasteiger partial charge in [-0.15, -0.1) is 0 Å². The predicted molar refractivity (Wildman–Crippen MR) is 72.9 cm³/mol. The number of aromatic nitrogens is 2. The van der Waals surface area contributed by atoms with Gasteiger partial charge in [0, 0.05) is 6.42 Å². The van der Waals surface area contributed by atoms with Crippen LogP contribution in [0, 0.1) is 0 Å². The highest BCUT2D eigenvalue weighted by Gasteiger charge is 2.28. The molecule has 0 fully saturated rings. The molecule has 1 aromatic heterocycles. The van der Waals surface area contributed by atoms with Gasteiger partial charge in [0.15, 0.2) is 5.82 Å². The van der Waals surface area contributed by atoms with Crippen molar-refractivity contribution in [2.24, 2.45) is 0 Å². The summed E-state index contributed by atoms with van der Waals surface area (Å²) >= 11 is 0. The van der Waals surface area contributed by atoms with Gasteiger partial charge < -0.3 is 9.63 Å². The minimum atomic E-state index is -0.350. The Kier molecular flexibility index (Phi) is 4.00. The van der Waals surface area contributed by atoms with Crippen LogP contribution >= 0.6 is 0 Å². The Morgan fingerprint density at radius 2 is 1.95 bits per heavy atom. The van der Waals surface area contributed by atoms with Crippen molar-refractivity contribution < 1.29 is 9.63 Å². The average molecular weight is 260 g/mol. The summed E-state index contributed by atoms with van der Waals surface area (Å²) in [4.78, 5) is 4.44. The fraction of sp³-hybridized carbons (Fsp3) is 0.467. The van der Waals surface area contributed by atoms with Crippen molar-refractivity contribution in [3.63, 3.8) is 0 Å². The fourth-order valence-corrected chi connectivity index (χ4v) is 1.93. The van der Waals surface area contributed by atoms with E-state index >= 15 is 0 Å². The Bertz CT molecular complexity index is 518. The number of aliphatic hydroxyl groups excluding tert-OH is 1. The normalized spacial score (nSPS) is 13.5. The van der Waals surface area contributed by atoms with E-state index < -0.39 is 0 Å². The molecule has 0 radical (unpaired) electrons. The largest absolute Gasteiger partial charge is 0.393 e. The van der Waals surface area contributed by atoms with Gasteiger partial charge in [0.2, 0.25) is 5.89 Å². The Balaban J connectivity index is 2.17. The van der Waals surface area contributed by atoms with Gasteiger partial charge in [-0.3, -0.25) is 0 Å². The fourth-order valence-electron chi connectivity index (χ4n) is 1.93. The summed E-state index contributed by atoms with van der Waals surface area (Å²) in [5.41, 5.74) is 0.867. The van der Waals surface area contributed by atoms with Gasteiger partial charge in [0.25, 0.3) is 0 Å². The summed E-state index contributed by atoms with van der Waals surface area (Å²) in [5, 5.41) is 13.3. The van der Waals surface area contributed by atoms with Crippen LogP contribution in [-0.2, 0) is 11.8 Å². The first-order valence-corrected chi connectivity index (χ1v) is 6.57. The number of aryl methyl sites for hydroxylation is 1. The third-order valence-electron chi connectivity index (χ3n) is 3.30. The van der Waals surface area contributed by atoms with E-state index in [9.17, 15) is 5.11 Å². The van der Waals surface area contributed by atoms with Crippen LogP contribution in [0.4, 0.5) is 0 Å². The first-order chi connectivity index (χ1) is 9.00. The standard InChI is InChI=1S/C15H20N2O2/c1-11(18)9-10-13-16-14(17-19-13)15(2,3)12-7-5-4-6-8-12/h4-8,11,18H,9-10H2,1-3H3. The van der Waals surface area contributed by atoms with Crippen molar-refractivity contribution in [3.05, 3.63) is 47.6 Å². The molecule has 0 bridgehead atoms. The molecule has 102 valence electrons. The van der Waals surface area contributed by atoms with Crippen LogP contribution in [0.25, 0.3) is 0 Å². The lowest BCUT2D eigenvalue weighted by molar-refractivity contribution is 0.180. The highest BCUT2D eigenvalue weighted by molar-refractivity contribution is 5.30. The molecular formula is C15H20N2O2. The second-order valence-corrected chi connectivity index (χ2v) is 5.39. The number of aliphatic hydroxyl groups is 1. The summed E-state index contributed by atoms with van der Waals surface area (Å²) in [7, 11) is 0. The number of nitrogens with zero attached hydrogens (tertiary/aromatic N) is 2. The molecule has 1 atom stereocenters. The Morgan fingerprint density at radius 3 is 2.58 bits per heavy atom. The van der Waals surface area contributed by atoms with Crippen LogP contribution in [-0.4, -0.2) is 21.4 Å². The highest BCUT2D eigenvalue weighted by atomic mass is 16.5. The maximum atomic E-state index is 9.27. The van der Waals surface area contributed by atoms with Crippen LogP contribution in [0.2, 0.25) is 0 Å². The first kappa shape index (κ1) is 13.7. The molecular weight excluding hydrogens is 240 g/mol. The van der Waals surface area contributed by atoms with Gasteiger partial charge in [0.05, 0.1) is 11.5 Å². The van der Waals surface area contributed by atoms with E-state index in [1.54, 1.807) is 6.92 Å². The van der Waals surface area contributed by atoms with Gasteiger partial charge >= 0.3 is 0 Å². The third-order valence-corrected chi connectivity index (χ3v) is 3.30. The molecule has 1 N–H and O–H groups in total. The van der Waals surface area contributed by atoms with E-state index in [-0.39, 0.29) is 11.5 Å². The second-order valence-electron chi connectivity index (χ2n) is 5.39. The molecule has 0 aliphatic heterocycles. The van der Waals surface area contributed by atoms with Crippen LogP contribution in [0.3, 0.4) is 0 Å². The number of benzene rings is 1. The van der Waals surface area contributed by atoms with Gasteiger partial charge in [-0.2, -0.15) is 4.98 Å². The number of hydrogen-bond acceptors (Lipinski definition) is 4. The monoisotopic (exact) mass is 260 g/mol. The van der Waals surface area contributed by atoms with Crippen molar-refractivity contribution in [1.29, 1.82) is 0 Å². The van der Waals surface area contributed by atoms with Crippen LogP contribution in [0.5, 0.6) is 0 Å². The van der Waals surface area contributed by atoms with E-state index in [4.69, 9.17) is 4.52 Å². The van der Waals surface area contributed by atoms with E-state index in [0.29, 0.717) is 24.6 Å². The molecule has 4 heteroatoms. The minimum Gasteiger partial charge on any atom is -0.393 e. The number of hydrogen-bond donors (Lipinski definition) is 1. The first-order valence-electron chi connectivity index (χ1n) is 6.57. The minimum absolute atomic E-state index is 0.284. The molecule has 1 unspecified atom stereocenters. The molecule has 19 heavy (non-hydrogen) atoms. The molecule has 0 amide bonds. The quantitative estimate of drug-likeness (QED) is 0.898. The maximum absolute atomic E-state index is 9.27. The van der Waals surface area contributed by atoms with E-state index in [2.05, 4.69) is 36.1 Å². The molecule has 4 nitrogen and oxygen atoms in total. The third kappa shape index (κ3) is 3.20. The molecule has 0 aliphatic rings. The van der Waals surface area contributed by atoms with Gasteiger partial charge in [-0.25, -0.2) is 0 Å². The van der Waals surface area contributed by atoms with Crippen molar-refractivity contribution in [3.8, 4) is 0 Å². The lowest BCUT2D eigenvalue weighted by Gasteiger charge is -2.20. The molecule has 2 aromatic rings. The molecule has 2 rings (SSSR count). The lowest BCUT2D eigenvalue weighted by atomic mass is 9.84. The summed E-state index contributed by atoms with van der Waals surface area (Å²) in [5.74, 6) is 1.26. The molecule has 0 spiro atoms. The van der Waals surface area contributed by atoms with Crippen LogP contribution in [0.1, 0.15) is 44.5 Å². The van der Waals surface area contributed by atoms with Crippen LogP contribution < -0.4 is 0 Å². The predicted octanol–water partition coefficient (Wildman–Crippen LogP) is 2.71. The van der Waals surface area contributed by atoms with Gasteiger partial charge in [0.1, 0.15) is 0 Å². The summed E-state index contributed by atoms with van der Waals surface area (Å²) in [6.45, 7) is 5.91. The number of rotatable bonds is 5. The lowest BCUT2D eigenvalue weighted by Crippen LogP contribution is -2.20. The summed E-state index contributed by atoms with van der Waals surface area (Å²) in [6.07, 6.45) is 0.889. The smallest absolute Gasteiger partial charge is 0.226 e. The van der Waals surface area contributed by atoms with E-state index in [1.807, 2.05) is 18.2 Å². The van der Waals surface area contributed by atoms with Gasteiger partial charge in [-0.05, 0) is 32.8 Å². The summed E-state index contributed by atoms with van der Waals surface area (Å²) in [6, 6.07) is 10.1. The second kappa shape index (κ2) is 5.53. The van der Waals surface area contributed by atoms with E-state index in [0.717, 1.165) is 5.56 Å². The van der Waals surface area contributed by atoms with Gasteiger partial charge in [-0.1, -0.05) is 35.5 Å². The highest BCUT2D eigenvalue weighted by Crippen LogP contribution is 2.29. The molecule has 0 saturated carbocycles. The zero-order chi connectivity index (χ0) is 13.9. The van der Waals surface area contributed by atoms with Crippen molar-refractivity contribution >= 4 is 0 Å². The average Bonchev–Trinajstić information content (AvgIpc) is 2.87. The van der Waals surface area contributed by atoms with Crippen molar-refractivity contribution in [1.82, 2.24) is 10.1 Å². The Morgan fingerprint density at radius 1 is 1.26 bits per heavy atom. The Labute approximate surface area is 113 Å². The van der Waals surface area contributed by atoms with Crippen molar-refractivity contribution in [2.45, 2.75) is 45.1 Å². The van der Waals surface area contributed by atoms with Crippen molar-refractivity contribution in [2.75, 3.05) is 0 Å². The Hall–Kier alpha value is -1.68. The molecule has 0 aliphatic carbocycles. The topological polar surface area (TPSA) is 59.2 Å². The zero-order valence-corrected chi connectivity index (χ0v) is 11.6. The van der Waals surface area contributed by atoms with Crippen LogP contribution in [0.15, 0.2) is 34.9 Å². The molecule has 1 aromatic carbocycles. The SMILES string of the molecule is CC(O)CCc1nc(C(C)(C)c2ccccc2)no1. The molecule has 0 saturated heterocycles. The zero-order valence-electron chi connectivity index (χ0n) is 11.6. The molecule has 1 heterocycles. The summed E-state index contributed by atoms with van der Waals surface area (Å²) < 4.78 is 5.25. The maximum Gasteiger partial charge on any atom is 0.226 e. The van der Waals surface area contributed by atoms with E-state index in [1.165, 1.54) is 0 Å².